The second-order valence-electron chi connectivity index (χ2n) is 9.52. The molecule has 0 spiro atoms. The van der Waals surface area contributed by atoms with Crippen molar-refractivity contribution in [3.05, 3.63) is 10.4 Å². The monoisotopic (exact) mass is 571 g/mol. The van der Waals surface area contributed by atoms with E-state index in [4.69, 9.17) is 24.5 Å². The number of rotatable bonds is 11. The molecular weight excluding hydrogens is 526 g/mol. The molecule has 15 nitrogen and oxygen atoms in total. The van der Waals surface area contributed by atoms with Crippen LogP contribution < -0.4 is 0 Å². The zero-order valence-corrected chi connectivity index (χ0v) is 24.8. The molecular formula is C25H45N7O8. The Morgan fingerprint density at radius 1 is 0.625 bits per heavy atom. The van der Waals surface area contributed by atoms with Crippen LogP contribution in [0.25, 0.3) is 10.4 Å². The Kier molecular flexibility index (Phi) is 16.1. The minimum atomic E-state index is -0.708. The maximum atomic E-state index is 12.8. The van der Waals surface area contributed by atoms with E-state index in [9.17, 15) is 19.2 Å². The Hall–Kier alpha value is -2.97. The van der Waals surface area contributed by atoms with Crippen molar-refractivity contribution >= 4 is 23.9 Å². The number of esters is 4. The first-order valence-electron chi connectivity index (χ1n) is 13.3. The average Bonchev–Trinajstić information content (AvgIpc) is 2.97. The fourth-order valence-electron chi connectivity index (χ4n) is 4.72. The van der Waals surface area contributed by atoms with Gasteiger partial charge in [-0.3, -0.25) is 38.8 Å². The van der Waals surface area contributed by atoms with Crippen LogP contribution in [0.4, 0.5) is 0 Å². The summed E-state index contributed by atoms with van der Waals surface area (Å²) in [6.07, 6.45) is 0.236. The molecule has 1 aliphatic rings. The highest BCUT2D eigenvalue weighted by Crippen LogP contribution is 2.14. The van der Waals surface area contributed by atoms with Crippen molar-refractivity contribution in [2.45, 2.75) is 51.4 Å². The lowest BCUT2D eigenvalue weighted by atomic mass is 10.1. The number of carbonyl (C=O) groups is 4. The number of hydrogen-bond donors (Lipinski definition) is 0. The van der Waals surface area contributed by atoms with Crippen LogP contribution in [0.15, 0.2) is 5.11 Å². The summed E-state index contributed by atoms with van der Waals surface area (Å²) in [4.78, 5) is 60.7. The number of methoxy groups -OCH3 is 4. The van der Waals surface area contributed by atoms with Gasteiger partial charge in [-0.1, -0.05) is 5.11 Å². The Bertz CT molecular complexity index is 847. The quantitative estimate of drug-likeness (QED) is 0.108. The molecule has 0 aromatic rings. The van der Waals surface area contributed by atoms with Crippen LogP contribution in [-0.2, 0) is 38.1 Å². The highest BCUT2D eigenvalue weighted by molar-refractivity contribution is 5.76. The molecule has 1 aliphatic heterocycles. The van der Waals surface area contributed by atoms with Gasteiger partial charge >= 0.3 is 23.9 Å². The van der Waals surface area contributed by atoms with Crippen LogP contribution in [0.3, 0.4) is 0 Å². The highest BCUT2D eigenvalue weighted by atomic mass is 16.5. The third-order valence-corrected chi connectivity index (χ3v) is 7.45. The molecule has 40 heavy (non-hydrogen) atoms. The zero-order chi connectivity index (χ0) is 30.2. The summed E-state index contributed by atoms with van der Waals surface area (Å²) in [6.45, 7) is 8.53. The van der Waals surface area contributed by atoms with E-state index in [0.717, 1.165) is 0 Å². The number of ether oxygens (including phenoxy) is 4. The van der Waals surface area contributed by atoms with Crippen LogP contribution in [0, 0.1) is 0 Å². The average molecular weight is 572 g/mol. The van der Waals surface area contributed by atoms with Gasteiger partial charge in [0, 0.05) is 63.8 Å². The first-order valence-corrected chi connectivity index (χ1v) is 13.3. The van der Waals surface area contributed by atoms with Gasteiger partial charge in [0.25, 0.3) is 0 Å². The Balaban J connectivity index is 3.44. The first-order chi connectivity index (χ1) is 19.1. The second-order valence-corrected chi connectivity index (χ2v) is 9.52. The summed E-state index contributed by atoms with van der Waals surface area (Å²) in [7, 11) is 5.29. The minimum absolute atomic E-state index is 0.0949. The van der Waals surface area contributed by atoms with Gasteiger partial charge < -0.3 is 18.9 Å². The van der Waals surface area contributed by atoms with Gasteiger partial charge in [-0.05, 0) is 32.7 Å². The SMILES string of the molecule is COC(=O)C(C)N1CCN(C(C)C(=O)OC)CCN(C(CCN=[N+]=[N-])C(=O)OC)CCN(C(C)C(=O)OC)CC1. The van der Waals surface area contributed by atoms with E-state index >= 15 is 0 Å². The highest BCUT2D eigenvalue weighted by Gasteiger charge is 2.32. The molecule has 1 rings (SSSR count). The fourth-order valence-corrected chi connectivity index (χ4v) is 4.72. The predicted octanol–water partition coefficient (Wildman–Crippen LogP) is 0.135. The van der Waals surface area contributed by atoms with Crippen LogP contribution in [0.2, 0.25) is 0 Å². The molecule has 0 aromatic carbocycles. The van der Waals surface area contributed by atoms with Gasteiger partial charge in [0.15, 0.2) is 0 Å². The Labute approximate surface area is 236 Å². The fraction of sp³-hybridized carbons (Fsp3) is 0.840. The van der Waals surface area contributed by atoms with Crippen molar-refractivity contribution in [3.63, 3.8) is 0 Å². The van der Waals surface area contributed by atoms with Gasteiger partial charge in [0.2, 0.25) is 0 Å². The van der Waals surface area contributed by atoms with Crippen molar-refractivity contribution in [2.24, 2.45) is 5.11 Å². The van der Waals surface area contributed by atoms with Crippen molar-refractivity contribution in [2.75, 3.05) is 87.3 Å². The summed E-state index contributed by atoms with van der Waals surface area (Å²) in [5.74, 6) is -1.67. The third-order valence-electron chi connectivity index (χ3n) is 7.45. The molecule has 4 atom stereocenters. The molecule has 0 N–H and O–H groups in total. The first kappa shape index (κ1) is 35.1. The summed E-state index contributed by atoms with van der Waals surface area (Å²) in [5, 5.41) is 3.59. The van der Waals surface area contributed by atoms with Crippen molar-refractivity contribution < 1.29 is 38.1 Å². The van der Waals surface area contributed by atoms with E-state index in [0.29, 0.717) is 52.4 Å². The topological polar surface area (TPSA) is 167 Å². The minimum Gasteiger partial charge on any atom is -0.468 e. The lowest BCUT2D eigenvalue weighted by molar-refractivity contribution is -0.151. The van der Waals surface area contributed by atoms with E-state index in [1.807, 2.05) is 19.6 Å². The van der Waals surface area contributed by atoms with Gasteiger partial charge in [-0.25, -0.2) is 0 Å². The van der Waals surface area contributed by atoms with Gasteiger partial charge in [-0.2, -0.15) is 0 Å². The number of carbonyl (C=O) groups excluding carboxylic acids is 4. The third kappa shape index (κ3) is 10.5. The maximum absolute atomic E-state index is 12.8. The van der Waals surface area contributed by atoms with E-state index in [1.54, 1.807) is 20.8 Å². The molecule has 15 heteroatoms. The number of azide groups is 1. The summed E-state index contributed by atoms with van der Waals surface area (Å²) >= 11 is 0. The van der Waals surface area contributed by atoms with Gasteiger partial charge in [0.1, 0.15) is 24.2 Å². The van der Waals surface area contributed by atoms with E-state index in [2.05, 4.69) is 10.0 Å². The zero-order valence-electron chi connectivity index (χ0n) is 24.8. The van der Waals surface area contributed by atoms with E-state index in [1.165, 1.54) is 28.4 Å². The second kappa shape index (κ2) is 18.4. The molecule has 0 aliphatic carbocycles. The summed E-state index contributed by atoms with van der Waals surface area (Å²) in [6, 6.07) is -2.43. The van der Waals surface area contributed by atoms with Crippen LogP contribution in [0.5, 0.6) is 0 Å². The number of nitrogens with zero attached hydrogens (tertiary/aromatic N) is 7. The molecule has 1 saturated heterocycles. The maximum Gasteiger partial charge on any atom is 0.323 e. The summed E-state index contributed by atoms with van der Waals surface area (Å²) in [5.41, 5.74) is 8.74. The molecule has 228 valence electrons. The van der Waals surface area contributed by atoms with Gasteiger partial charge in [-0.15, -0.1) is 0 Å². The van der Waals surface area contributed by atoms with Crippen molar-refractivity contribution in [1.82, 2.24) is 19.6 Å². The normalized spacial score (nSPS) is 19.9. The van der Waals surface area contributed by atoms with Crippen LogP contribution in [0.1, 0.15) is 27.2 Å². The largest absolute Gasteiger partial charge is 0.468 e. The molecule has 0 aromatic heterocycles. The standard InChI is InChI=1S/C25H45N7O8/c1-18(22(33)37-4)29-10-12-30(19(2)23(34)38-5)14-16-32(21(25(36)40-7)8-9-27-28-26)17-15-31(13-11-29)20(3)24(35)39-6/h18-21H,8-17H2,1-7H3. The molecule has 1 fully saturated rings. The van der Waals surface area contributed by atoms with Crippen LogP contribution >= 0.6 is 0 Å². The predicted molar refractivity (Wildman–Crippen MR) is 145 cm³/mol. The van der Waals surface area contributed by atoms with Crippen LogP contribution in [-0.4, -0.2) is 155 Å². The van der Waals surface area contributed by atoms with E-state index in [-0.39, 0.29) is 18.9 Å². The molecule has 0 radical (unpaired) electrons. The lowest BCUT2D eigenvalue weighted by Crippen LogP contribution is -2.55. The Morgan fingerprint density at radius 3 is 1.20 bits per heavy atom. The molecule has 0 saturated carbocycles. The number of hydrogen-bond acceptors (Lipinski definition) is 13. The molecule has 4 unspecified atom stereocenters. The smallest absolute Gasteiger partial charge is 0.323 e. The molecule has 1 heterocycles. The Morgan fingerprint density at radius 2 is 0.925 bits per heavy atom. The van der Waals surface area contributed by atoms with E-state index < -0.39 is 42.1 Å². The molecule has 0 amide bonds. The summed E-state index contributed by atoms with van der Waals surface area (Å²) < 4.78 is 20.0. The van der Waals surface area contributed by atoms with Gasteiger partial charge in [0.05, 0.1) is 28.4 Å². The lowest BCUT2D eigenvalue weighted by Gasteiger charge is -2.39. The van der Waals surface area contributed by atoms with Crippen molar-refractivity contribution in [1.29, 1.82) is 0 Å². The molecule has 0 bridgehead atoms. The van der Waals surface area contributed by atoms with Crippen molar-refractivity contribution in [3.8, 4) is 0 Å².